The smallest absolute Gasteiger partial charge is 0.326 e. The van der Waals surface area contributed by atoms with Crippen molar-refractivity contribution in [3.8, 4) is 11.5 Å². The van der Waals surface area contributed by atoms with Gasteiger partial charge in [0, 0.05) is 0 Å². The summed E-state index contributed by atoms with van der Waals surface area (Å²) < 4.78 is 0. The van der Waals surface area contributed by atoms with Crippen molar-refractivity contribution in [1.29, 1.82) is 0 Å². The summed E-state index contributed by atoms with van der Waals surface area (Å²) in [5.74, 6) is -1.39. The minimum atomic E-state index is -1.03. The van der Waals surface area contributed by atoms with E-state index in [-0.39, 0.29) is 17.2 Å². The molecule has 6 nitrogen and oxygen atoms in total. The highest BCUT2D eigenvalue weighted by atomic mass is 16.4. The number of carboxylic acid groups (broad SMARTS) is 1. The predicted molar refractivity (Wildman–Crippen MR) is 67.7 cm³/mol. The van der Waals surface area contributed by atoms with Crippen molar-refractivity contribution in [2.75, 3.05) is 11.9 Å². The summed E-state index contributed by atoms with van der Waals surface area (Å²) in [6, 6.07) is 3.36. The Kier molecular flexibility index (Phi) is 5.26. The largest absolute Gasteiger partial charge is 0.506 e. The van der Waals surface area contributed by atoms with Crippen LogP contribution in [-0.4, -0.2) is 33.9 Å². The van der Waals surface area contributed by atoms with Crippen molar-refractivity contribution < 1.29 is 20.1 Å². The Balaban J connectivity index is 2.74. The number of anilines is 1. The Labute approximate surface area is 105 Å². The molecule has 0 aliphatic rings. The van der Waals surface area contributed by atoms with Crippen molar-refractivity contribution in [3.05, 3.63) is 18.2 Å². The molecule has 1 atom stereocenters. The summed E-state index contributed by atoms with van der Waals surface area (Å²) >= 11 is 0. The Morgan fingerprint density at radius 1 is 1.28 bits per heavy atom. The number of phenols is 2. The van der Waals surface area contributed by atoms with Crippen LogP contribution in [0.1, 0.15) is 19.3 Å². The molecule has 1 aromatic rings. The van der Waals surface area contributed by atoms with Gasteiger partial charge in [-0.2, -0.15) is 0 Å². The van der Waals surface area contributed by atoms with E-state index in [1.54, 1.807) is 0 Å². The van der Waals surface area contributed by atoms with Gasteiger partial charge >= 0.3 is 5.97 Å². The van der Waals surface area contributed by atoms with Gasteiger partial charge in [0.2, 0.25) is 0 Å². The van der Waals surface area contributed by atoms with Crippen LogP contribution in [0.2, 0.25) is 0 Å². The quantitative estimate of drug-likeness (QED) is 0.367. The summed E-state index contributed by atoms with van der Waals surface area (Å²) in [4.78, 5) is 11.1. The molecule has 0 aliphatic carbocycles. The number of para-hydroxylation sites is 1. The number of nitrogens with two attached hydrogens (primary N) is 1. The number of phenolic OH excluding ortho intramolecular Hbond substituents is 2. The number of hydrogen-bond donors (Lipinski definition) is 5. The average molecular weight is 254 g/mol. The normalized spacial score (nSPS) is 12.1. The first-order valence-electron chi connectivity index (χ1n) is 5.76. The maximum atomic E-state index is 11.1. The lowest BCUT2D eigenvalue weighted by atomic mass is 10.1. The van der Waals surface area contributed by atoms with Gasteiger partial charge in [-0.05, 0) is 37.9 Å². The van der Waals surface area contributed by atoms with Gasteiger partial charge in [-0.3, -0.25) is 0 Å². The number of rotatable bonds is 7. The second-order valence-electron chi connectivity index (χ2n) is 3.99. The minimum absolute atomic E-state index is 0.0395. The van der Waals surface area contributed by atoms with E-state index in [4.69, 9.17) is 10.8 Å². The summed E-state index contributed by atoms with van der Waals surface area (Å²) in [5, 5.41) is 30.8. The summed E-state index contributed by atoms with van der Waals surface area (Å²) in [5.41, 5.74) is 5.38. The first-order valence-corrected chi connectivity index (χ1v) is 5.76. The topological polar surface area (TPSA) is 116 Å². The minimum Gasteiger partial charge on any atom is -0.506 e. The van der Waals surface area contributed by atoms with Gasteiger partial charge in [0.05, 0.1) is 0 Å². The lowest BCUT2D eigenvalue weighted by Crippen LogP contribution is -2.29. The SMILES string of the molecule is NCCCC[C@H](Nc1c(O)cccc1O)C(=O)O. The molecular formula is C12H18N2O4. The lowest BCUT2D eigenvalue weighted by Gasteiger charge is -2.17. The van der Waals surface area contributed by atoms with Crippen LogP contribution in [0, 0.1) is 0 Å². The highest BCUT2D eigenvalue weighted by Crippen LogP contribution is 2.33. The molecule has 18 heavy (non-hydrogen) atoms. The van der Waals surface area contributed by atoms with Crippen molar-refractivity contribution in [1.82, 2.24) is 0 Å². The van der Waals surface area contributed by atoms with Crippen molar-refractivity contribution in [2.24, 2.45) is 5.73 Å². The second-order valence-corrected chi connectivity index (χ2v) is 3.99. The van der Waals surface area contributed by atoms with Gasteiger partial charge in [-0.15, -0.1) is 0 Å². The van der Waals surface area contributed by atoms with Gasteiger partial charge in [0.25, 0.3) is 0 Å². The molecular weight excluding hydrogens is 236 g/mol. The van der Waals surface area contributed by atoms with E-state index in [0.29, 0.717) is 19.4 Å². The van der Waals surface area contributed by atoms with Crippen LogP contribution in [0.4, 0.5) is 5.69 Å². The molecule has 100 valence electrons. The Bertz CT molecular complexity index is 389. The van der Waals surface area contributed by atoms with Crippen molar-refractivity contribution >= 4 is 11.7 Å². The molecule has 0 bridgehead atoms. The van der Waals surface area contributed by atoms with E-state index in [1.807, 2.05) is 0 Å². The fourth-order valence-electron chi connectivity index (χ4n) is 1.60. The number of hydrogen-bond acceptors (Lipinski definition) is 5. The molecule has 0 fully saturated rings. The predicted octanol–water partition coefficient (Wildman–Crippen LogP) is 1.09. The third-order valence-corrected chi connectivity index (χ3v) is 2.58. The molecule has 0 saturated carbocycles. The number of nitrogens with one attached hydrogen (secondary N) is 1. The van der Waals surface area contributed by atoms with Gasteiger partial charge in [0.1, 0.15) is 23.2 Å². The van der Waals surface area contributed by atoms with Gasteiger partial charge < -0.3 is 26.4 Å². The van der Waals surface area contributed by atoms with Gasteiger partial charge in [0.15, 0.2) is 0 Å². The third-order valence-electron chi connectivity index (χ3n) is 2.58. The summed E-state index contributed by atoms with van der Waals surface area (Å²) in [7, 11) is 0. The van der Waals surface area contributed by atoms with Crippen molar-refractivity contribution in [2.45, 2.75) is 25.3 Å². The standard InChI is InChI=1S/C12H18N2O4/c13-7-2-1-4-8(12(17)18)14-11-9(15)5-3-6-10(11)16/h3,5-6,8,14-16H,1-2,4,7,13H2,(H,17,18)/t8-/m0/s1. The summed E-state index contributed by atoms with van der Waals surface area (Å²) in [6.07, 6.45) is 1.77. The number of aliphatic carboxylic acids is 1. The Hall–Kier alpha value is -1.95. The lowest BCUT2D eigenvalue weighted by molar-refractivity contribution is -0.138. The summed E-state index contributed by atoms with van der Waals surface area (Å²) in [6.45, 7) is 0.508. The molecule has 0 spiro atoms. The molecule has 1 rings (SSSR count). The highest BCUT2D eigenvalue weighted by Gasteiger charge is 2.19. The molecule has 0 saturated heterocycles. The van der Waals surface area contributed by atoms with E-state index in [1.165, 1.54) is 18.2 Å². The first kappa shape index (κ1) is 14.1. The van der Waals surface area contributed by atoms with E-state index >= 15 is 0 Å². The number of unbranched alkanes of at least 4 members (excludes halogenated alkanes) is 1. The number of aromatic hydroxyl groups is 2. The molecule has 0 unspecified atom stereocenters. The van der Waals surface area contributed by atoms with E-state index in [9.17, 15) is 15.0 Å². The number of benzene rings is 1. The highest BCUT2D eigenvalue weighted by molar-refractivity contribution is 5.79. The van der Waals surface area contributed by atoms with Crippen LogP contribution in [-0.2, 0) is 4.79 Å². The zero-order valence-electron chi connectivity index (χ0n) is 9.97. The van der Waals surface area contributed by atoms with Crippen molar-refractivity contribution in [3.63, 3.8) is 0 Å². The molecule has 1 aromatic carbocycles. The van der Waals surface area contributed by atoms with Gasteiger partial charge in [-0.25, -0.2) is 4.79 Å². The zero-order chi connectivity index (χ0) is 13.5. The molecule has 6 N–H and O–H groups in total. The Morgan fingerprint density at radius 3 is 2.39 bits per heavy atom. The van der Waals surface area contributed by atoms with Crippen LogP contribution in [0.5, 0.6) is 11.5 Å². The van der Waals surface area contributed by atoms with Crippen LogP contribution in [0.3, 0.4) is 0 Å². The fraction of sp³-hybridized carbons (Fsp3) is 0.417. The molecule has 0 aliphatic heterocycles. The fourth-order valence-corrected chi connectivity index (χ4v) is 1.60. The van der Waals surface area contributed by atoms with E-state index < -0.39 is 12.0 Å². The van der Waals surface area contributed by atoms with Crippen LogP contribution in [0.15, 0.2) is 18.2 Å². The Morgan fingerprint density at radius 2 is 1.89 bits per heavy atom. The maximum Gasteiger partial charge on any atom is 0.326 e. The van der Waals surface area contributed by atoms with E-state index in [2.05, 4.69) is 5.32 Å². The zero-order valence-corrected chi connectivity index (χ0v) is 9.97. The molecule has 0 amide bonds. The molecule has 0 aromatic heterocycles. The van der Waals surface area contributed by atoms with Crippen LogP contribution in [0.25, 0.3) is 0 Å². The van der Waals surface area contributed by atoms with Crippen LogP contribution >= 0.6 is 0 Å². The van der Waals surface area contributed by atoms with E-state index in [0.717, 1.165) is 6.42 Å². The monoisotopic (exact) mass is 254 g/mol. The number of carboxylic acids is 1. The second kappa shape index (κ2) is 6.70. The first-order chi connectivity index (χ1) is 8.56. The third kappa shape index (κ3) is 3.81. The van der Waals surface area contributed by atoms with Gasteiger partial charge in [-0.1, -0.05) is 6.07 Å². The molecule has 0 heterocycles. The number of carbonyl (C=O) groups is 1. The van der Waals surface area contributed by atoms with Crippen LogP contribution < -0.4 is 11.1 Å². The average Bonchev–Trinajstić information content (AvgIpc) is 2.31. The molecule has 0 radical (unpaired) electrons. The maximum absolute atomic E-state index is 11.1. The molecule has 6 heteroatoms.